The van der Waals surface area contributed by atoms with Gasteiger partial charge in [0.2, 0.25) is 0 Å². The first-order valence-corrected chi connectivity index (χ1v) is 7.58. The summed E-state index contributed by atoms with van der Waals surface area (Å²) in [6.07, 6.45) is 4.44. The fourth-order valence-corrected chi connectivity index (χ4v) is 2.66. The molecule has 0 bridgehead atoms. The first-order chi connectivity index (χ1) is 9.72. The van der Waals surface area contributed by atoms with E-state index in [1.54, 1.807) is 17.4 Å². The second-order valence-electron chi connectivity index (χ2n) is 4.32. The van der Waals surface area contributed by atoms with Crippen molar-refractivity contribution in [3.8, 4) is 5.75 Å². The summed E-state index contributed by atoms with van der Waals surface area (Å²) in [5.41, 5.74) is 0.995. The van der Waals surface area contributed by atoms with Crippen molar-refractivity contribution < 1.29 is 9.53 Å². The Bertz CT molecular complexity index is 594. The first kappa shape index (κ1) is 14.5. The summed E-state index contributed by atoms with van der Waals surface area (Å²) in [5, 5.41) is 0. The van der Waals surface area contributed by atoms with E-state index in [0.717, 1.165) is 22.6 Å². The van der Waals surface area contributed by atoms with Gasteiger partial charge in [0.1, 0.15) is 5.75 Å². The number of carbonyl (C=O) groups excluding carboxylic acids is 1. The molecule has 0 aliphatic rings. The molecule has 0 saturated carbocycles. The van der Waals surface area contributed by atoms with Gasteiger partial charge in [0.25, 0.3) is 0 Å². The molecule has 0 radical (unpaired) electrons. The lowest BCUT2D eigenvalue weighted by Gasteiger charge is -2.02. The van der Waals surface area contributed by atoms with Crippen LogP contribution in [0.25, 0.3) is 6.08 Å². The summed E-state index contributed by atoms with van der Waals surface area (Å²) in [6, 6.07) is 11.6. The maximum atomic E-state index is 12.0. The minimum absolute atomic E-state index is 0.0589. The van der Waals surface area contributed by atoms with Crippen LogP contribution in [0, 0.1) is 0 Å². The van der Waals surface area contributed by atoms with Crippen LogP contribution in [0.1, 0.15) is 34.0 Å². The minimum Gasteiger partial charge on any atom is -0.494 e. The molecule has 0 fully saturated rings. The molecule has 3 heteroatoms. The molecule has 1 aromatic carbocycles. The zero-order valence-corrected chi connectivity index (χ0v) is 12.6. The molecule has 2 aromatic rings. The van der Waals surface area contributed by atoms with E-state index >= 15 is 0 Å². The molecule has 0 amide bonds. The van der Waals surface area contributed by atoms with Gasteiger partial charge >= 0.3 is 0 Å². The number of aryl methyl sites for hydroxylation is 1. The highest BCUT2D eigenvalue weighted by molar-refractivity contribution is 7.14. The Morgan fingerprint density at radius 2 is 1.90 bits per heavy atom. The maximum absolute atomic E-state index is 12.0. The van der Waals surface area contributed by atoms with Gasteiger partial charge in [-0.1, -0.05) is 25.1 Å². The smallest absolute Gasteiger partial charge is 0.195 e. The Kier molecular flexibility index (Phi) is 5.13. The lowest BCUT2D eigenvalue weighted by molar-refractivity contribution is 0.105. The Balaban J connectivity index is 2.02. The van der Waals surface area contributed by atoms with Crippen LogP contribution < -0.4 is 4.74 Å². The molecule has 104 valence electrons. The molecule has 2 rings (SSSR count). The number of ketones is 1. The molecule has 0 saturated heterocycles. The second-order valence-corrected chi connectivity index (χ2v) is 5.49. The van der Waals surface area contributed by atoms with Gasteiger partial charge in [0, 0.05) is 4.88 Å². The van der Waals surface area contributed by atoms with Crippen LogP contribution in [-0.4, -0.2) is 12.4 Å². The van der Waals surface area contributed by atoms with Gasteiger partial charge in [0.05, 0.1) is 11.5 Å². The average Bonchev–Trinajstić information content (AvgIpc) is 2.95. The minimum atomic E-state index is 0.0589. The van der Waals surface area contributed by atoms with Crippen molar-refractivity contribution >= 4 is 23.2 Å². The van der Waals surface area contributed by atoms with Crippen LogP contribution in [-0.2, 0) is 6.42 Å². The quantitative estimate of drug-likeness (QED) is 0.573. The molecule has 0 spiro atoms. The molecule has 20 heavy (non-hydrogen) atoms. The van der Waals surface area contributed by atoms with Crippen LogP contribution in [0.2, 0.25) is 0 Å². The Morgan fingerprint density at radius 3 is 2.50 bits per heavy atom. The summed E-state index contributed by atoms with van der Waals surface area (Å²) in [4.78, 5) is 14.0. The van der Waals surface area contributed by atoms with Gasteiger partial charge in [0.15, 0.2) is 5.78 Å². The predicted octanol–water partition coefficient (Wildman–Crippen LogP) is 4.61. The maximum Gasteiger partial charge on any atom is 0.195 e. The van der Waals surface area contributed by atoms with E-state index in [4.69, 9.17) is 4.74 Å². The number of rotatable bonds is 6. The summed E-state index contributed by atoms with van der Waals surface area (Å²) in [7, 11) is 0. The van der Waals surface area contributed by atoms with Crippen LogP contribution in [0.5, 0.6) is 5.75 Å². The number of allylic oxidation sites excluding steroid dienone is 1. The lowest BCUT2D eigenvalue weighted by Crippen LogP contribution is -1.91. The Hall–Kier alpha value is -1.87. The fraction of sp³-hybridized carbons (Fsp3) is 0.235. The third-order valence-electron chi connectivity index (χ3n) is 2.87. The third-order valence-corrected chi connectivity index (χ3v) is 4.12. The highest BCUT2D eigenvalue weighted by Gasteiger charge is 2.05. The topological polar surface area (TPSA) is 26.3 Å². The van der Waals surface area contributed by atoms with Gasteiger partial charge in [-0.3, -0.25) is 4.79 Å². The molecular weight excluding hydrogens is 268 g/mol. The van der Waals surface area contributed by atoms with Crippen LogP contribution in [0.3, 0.4) is 0 Å². The van der Waals surface area contributed by atoms with E-state index in [1.165, 1.54) is 4.88 Å². The highest BCUT2D eigenvalue weighted by Crippen LogP contribution is 2.18. The predicted molar refractivity (Wildman–Crippen MR) is 84.7 cm³/mol. The normalized spacial score (nSPS) is 10.9. The zero-order chi connectivity index (χ0) is 14.4. The molecular formula is C17H18O2S. The monoisotopic (exact) mass is 286 g/mol. The summed E-state index contributed by atoms with van der Waals surface area (Å²) < 4.78 is 5.38. The summed E-state index contributed by atoms with van der Waals surface area (Å²) in [5.74, 6) is 0.908. The van der Waals surface area contributed by atoms with E-state index in [1.807, 2.05) is 49.4 Å². The number of thiophene rings is 1. The number of benzene rings is 1. The van der Waals surface area contributed by atoms with E-state index in [9.17, 15) is 4.79 Å². The van der Waals surface area contributed by atoms with Crippen molar-refractivity contribution in [3.63, 3.8) is 0 Å². The highest BCUT2D eigenvalue weighted by atomic mass is 32.1. The van der Waals surface area contributed by atoms with E-state index in [0.29, 0.717) is 6.61 Å². The van der Waals surface area contributed by atoms with Crippen LogP contribution in [0.15, 0.2) is 42.5 Å². The Labute approximate surface area is 123 Å². The van der Waals surface area contributed by atoms with Crippen molar-refractivity contribution in [2.75, 3.05) is 6.61 Å². The van der Waals surface area contributed by atoms with Crippen LogP contribution >= 0.6 is 11.3 Å². The summed E-state index contributed by atoms with van der Waals surface area (Å²) >= 11 is 1.56. The van der Waals surface area contributed by atoms with Crippen molar-refractivity contribution in [3.05, 3.63) is 57.8 Å². The second kappa shape index (κ2) is 7.06. The molecule has 0 aliphatic heterocycles. The number of hydrogen-bond donors (Lipinski definition) is 0. The van der Waals surface area contributed by atoms with Gasteiger partial charge in [-0.25, -0.2) is 0 Å². The largest absolute Gasteiger partial charge is 0.494 e. The van der Waals surface area contributed by atoms with Crippen molar-refractivity contribution in [2.45, 2.75) is 20.3 Å². The fourth-order valence-electron chi connectivity index (χ4n) is 1.80. The van der Waals surface area contributed by atoms with Crippen molar-refractivity contribution in [1.29, 1.82) is 0 Å². The van der Waals surface area contributed by atoms with E-state index in [-0.39, 0.29) is 5.78 Å². The number of ether oxygens (including phenoxy) is 1. The van der Waals surface area contributed by atoms with E-state index < -0.39 is 0 Å². The Morgan fingerprint density at radius 1 is 1.15 bits per heavy atom. The molecule has 0 N–H and O–H groups in total. The van der Waals surface area contributed by atoms with Gasteiger partial charge in [-0.05, 0) is 49.2 Å². The van der Waals surface area contributed by atoms with E-state index in [2.05, 4.69) is 6.92 Å². The standard InChI is InChI=1S/C17H18O2S/c1-3-15-10-12-17(20-15)16(18)11-7-13-5-8-14(9-6-13)19-4-2/h5-12H,3-4H2,1-2H3/b11-7+. The molecule has 1 aromatic heterocycles. The molecule has 0 atom stereocenters. The van der Waals surface area contributed by atoms with Crippen LogP contribution in [0.4, 0.5) is 0 Å². The van der Waals surface area contributed by atoms with Gasteiger partial charge < -0.3 is 4.74 Å². The number of hydrogen-bond acceptors (Lipinski definition) is 3. The molecule has 1 heterocycles. The van der Waals surface area contributed by atoms with Crippen molar-refractivity contribution in [1.82, 2.24) is 0 Å². The molecule has 0 aliphatic carbocycles. The first-order valence-electron chi connectivity index (χ1n) is 6.77. The zero-order valence-electron chi connectivity index (χ0n) is 11.8. The third kappa shape index (κ3) is 3.81. The van der Waals surface area contributed by atoms with Crippen molar-refractivity contribution in [2.24, 2.45) is 0 Å². The SMILES string of the molecule is CCOc1ccc(/C=C/C(=O)c2ccc(CC)s2)cc1. The molecule has 2 nitrogen and oxygen atoms in total. The average molecular weight is 286 g/mol. The molecule has 0 unspecified atom stereocenters. The summed E-state index contributed by atoms with van der Waals surface area (Å²) in [6.45, 7) is 4.71. The lowest BCUT2D eigenvalue weighted by atomic mass is 10.2. The number of carbonyl (C=O) groups is 1. The van der Waals surface area contributed by atoms with Gasteiger partial charge in [-0.15, -0.1) is 11.3 Å². The van der Waals surface area contributed by atoms with Gasteiger partial charge in [-0.2, -0.15) is 0 Å².